The van der Waals surface area contributed by atoms with E-state index in [1.165, 1.54) is 6.42 Å². The van der Waals surface area contributed by atoms with Gasteiger partial charge in [0.15, 0.2) is 0 Å². The summed E-state index contributed by atoms with van der Waals surface area (Å²) in [6.45, 7) is 0.320. The summed E-state index contributed by atoms with van der Waals surface area (Å²) in [5.74, 6) is -1.10. The molecule has 3 rings (SSSR count). The molecule has 6 nitrogen and oxygen atoms in total. The zero-order chi connectivity index (χ0) is 17.3. The largest absolute Gasteiger partial charge is 0.445 e. The van der Waals surface area contributed by atoms with E-state index in [4.69, 9.17) is 0 Å². The highest BCUT2D eigenvalue weighted by molar-refractivity contribution is 7.15. The van der Waals surface area contributed by atoms with Crippen LogP contribution in [0, 0.1) is 5.92 Å². The van der Waals surface area contributed by atoms with E-state index < -0.39 is 23.0 Å². The molecule has 132 valence electrons. The fourth-order valence-corrected chi connectivity index (χ4v) is 3.86. The zero-order valence-corrected chi connectivity index (χ0v) is 13.6. The van der Waals surface area contributed by atoms with Crippen LogP contribution in [0.1, 0.15) is 43.5 Å². The Hall–Kier alpha value is -1.71. The van der Waals surface area contributed by atoms with Gasteiger partial charge in [0, 0.05) is 19.0 Å². The summed E-state index contributed by atoms with van der Waals surface area (Å²) >= 11 is 0.279. The van der Waals surface area contributed by atoms with Crippen LogP contribution < -0.4 is 5.32 Å². The molecule has 24 heavy (non-hydrogen) atoms. The Kier molecular flexibility index (Phi) is 4.75. The lowest BCUT2D eigenvalue weighted by Gasteiger charge is -2.31. The van der Waals surface area contributed by atoms with Gasteiger partial charge in [-0.1, -0.05) is 30.6 Å². The SMILES string of the molecule is O=C(Nc1nnc(C(F)(F)F)s1)[C@H]1CC(=O)N(C2CCCCC2)C1. The third-order valence-corrected chi connectivity index (χ3v) is 5.33. The highest BCUT2D eigenvalue weighted by Gasteiger charge is 2.39. The van der Waals surface area contributed by atoms with Crippen molar-refractivity contribution in [1.82, 2.24) is 15.1 Å². The Morgan fingerprint density at radius 3 is 2.54 bits per heavy atom. The van der Waals surface area contributed by atoms with Gasteiger partial charge in [0.25, 0.3) is 0 Å². The number of nitrogens with zero attached hydrogens (tertiary/aromatic N) is 3. The Labute approximate surface area is 140 Å². The maximum Gasteiger partial charge on any atom is 0.445 e. The predicted molar refractivity (Wildman–Crippen MR) is 80.2 cm³/mol. The van der Waals surface area contributed by atoms with E-state index in [0.29, 0.717) is 6.54 Å². The molecular formula is C14H17F3N4O2S. The number of hydrogen-bond acceptors (Lipinski definition) is 5. The normalized spacial score (nSPS) is 22.9. The van der Waals surface area contributed by atoms with Crippen LogP contribution in [0.4, 0.5) is 18.3 Å². The lowest BCUT2D eigenvalue weighted by molar-refractivity contribution is -0.138. The quantitative estimate of drug-likeness (QED) is 0.897. The average molecular weight is 362 g/mol. The van der Waals surface area contributed by atoms with Crippen LogP contribution in [-0.4, -0.2) is 39.5 Å². The van der Waals surface area contributed by atoms with Crippen molar-refractivity contribution in [3.05, 3.63) is 5.01 Å². The van der Waals surface area contributed by atoms with Crippen molar-refractivity contribution < 1.29 is 22.8 Å². The first-order valence-electron chi connectivity index (χ1n) is 7.85. The van der Waals surface area contributed by atoms with Gasteiger partial charge in [-0.2, -0.15) is 13.2 Å². The molecule has 1 aromatic rings. The van der Waals surface area contributed by atoms with Crippen molar-refractivity contribution in [3.8, 4) is 0 Å². The molecule has 1 atom stereocenters. The van der Waals surface area contributed by atoms with Crippen molar-refractivity contribution in [2.75, 3.05) is 11.9 Å². The van der Waals surface area contributed by atoms with Crippen molar-refractivity contribution in [3.63, 3.8) is 0 Å². The molecule has 2 fully saturated rings. The highest BCUT2D eigenvalue weighted by atomic mass is 32.1. The first-order valence-corrected chi connectivity index (χ1v) is 8.67. The molecule has 1 aromatic heterocycles. The Morgan fingerprint density at radius 2 is 1.92 bits per heavy atom. The van der Waals surface area contributed by atoms with E-state index in [-0.39, 0.29) is 34.8 Å². The van der Waals surface area contributed by atoms with Crippen LogP contribution in [0.5, 0.6) is 0 Å². The molecule has 0 spiro atoms. The minimum Gasteiger partial charge on any atom is -0.339 e. The molecule has 2 aliphatic rings. The molecule has 0 radical (unpaired) electrons. The highest BCUT2D eigenvalue weighted by Crippen LogP contribution is 2.34. The van der Waals surface area contributed by atoms with Crippen molar-refractivity contribution >= 4 is 28.3 Å². The molecule has 1 N–H and O–H groups in total. The molecule has 2 amide bonds. The summed E-state index contributed by atoms with van der Waals surface area (Å²) in [5.41, 5.74) is 0. The maximum absolute atomic E-state index is 12.5. The van der Waals surface area contributed by atoms with Gasteiger partial charge in [-0.05, 0) is 12.8 Å². The number of anilines is 1. The van der Waals surface area contributed by atoms with Gasteiger partial charge in [-0.3, -0.25) is 9.59 Å². The summed E-state index contributed by atoms with van der Waals surface area (Å²) < 4.78 is 37.5. The second-order valence-electron chi connectivity index (χ2n) is 6.14. The Morgan fingerprint density at radius 1 is 1.21 bits per heavy atom. The van der Waals surface area contributed by atoms with Crippen LogP contribution in [0.2, 0.25) is 0 Å². The van der Waals surface area contributed by atoms with Crippen LogP contribution in [0.3, 0.4) is 0 Å². The molecular weight excluding hydrogens is 345 g/mol. The van der Waals surface area contributed by atoms with Gasteiger partial charge in [0.1, 0.15) is 0 Å². The maximum atomic E-state index is 12.5. The summed E-state index contributed by atoms with van der Waals surface area (Å²) in [6, 6.07) is 0.183. The topological polar surface area (TPSA) is 75.2 Å². The average Bonchev–Trinajstić information content (AvgIpc) is 3.14. The lowest BCUT2D eigenvalue weighted by atomic mass is 9.94. The first-order chi connectivity index (χ1) is 11.3. The Balaban J connectivity index is 1.59. The molecule has 10 heteroatoms. The van der Waals surface area contributed by atoms with Gasteiger partial charge in [-0.15, -0.1) is 10.2 Å². The molecule has 0 aromatic carbocycles. The summed E-state index contributed by atoms with van der Waals surface area (Å²) in [4.78, 5) is 26.1. The second kappa shape index (κ2) is 6.66. The van der Waals surface area contributed by atoms with E-state index in [1.54, 1.807) is 4.90 Å². The van der Waals surface area contributed by atoms with Gasteiger partial charge >= 0.3 is 6.18 Å². The molecule has 1 saturated carbocycles. The van der Waals surface area contributed by atoms with Gasteiger partial charge in [0.2, 0.25) is 22.0 Å². The molecule has 0 unspecified atom stereocenters. The number of carbonyl (C=O) groups excluding carboxylic acids is 2. The van der Waals surface area contributed by atoms with Gasteiger partial charge < -0.3 is 10.2 Å². The van der Waals surface area contributed by atoms with Crippen molar-refractivity contribution in [1.29, 1.82) is 0 Å². The van der Waals surface area contributed by atoms with E-state index in [0.717, 1.165) is 25.7 Å². The molecule has 2 heterocycles. The molecule has 1 saturated heterocycles. The monoisotopic (exact) mass is 362 g/mol. The number of amides is 2. The Bertz CT molecular complexity index is 628. The number of likely N-dealkylation sites (tertiary alicyclic amines) is 1. The predicted octanol–water partition coefficient (Wildman–Crippen LogP) is 2.68. The first kappa shape index (κ1) is 17.1. The van der Waals surface area contributed by atoms with Crippen LogP contribution in [0.15, 0.2) is 0 Å². The van der Waals surface area contributed by atoms with E-state index >= 15 is 0 Å². The van der Waals surface area contributed by atoms with E-state index in [9.17, 15) is 22.8 Å². The van der Waals surface area contributed by atoms with Crippen LogP contribution in [-0.2, 0) is 15.8 Å². The van der Waals surface area contributed by atoms with Crippen LogP contribution in [0.25, 0.3) is 0 Å². The molecule has 1 aliphatic heterocycles. The number of halogens is 3. The summed E-state index contributed by atoms with van der Waals surface area (Å²) in [5, 5.41) is 7.40. The third kappa shape index (κ3) is 3.68. The molecule has 0 bridgehead atoms. The molecule has 1 aliphatic carbocycles. The number of rotatable bonds is 3. The number of hydrogen-bond donors (Lipinski definition) is 1. The second-order valence-corrected chi connectivity index (χ2v) is 7.12. The van der Waals surface area contributed by atoms with Gasteiger partial charge in [-0.25, -0.2) is 0 Å². The van der Waals surface area contributed by atoms with Gasteiger partial charge in [0.05, 0.1) is 5.92 Å². The third-order valence-electron chi connectivity index (χ3n) is 4.44. The fourth-order valence-electron chi connectivity index (χ4n) is 3.25. The number of alkyl halides is 3. The number of nitrogens with one attached hydrogen (secondary N) is 1. The number of carbonyl (C=O) groups is 2. The zero-order valence-electron chi connectivity index (χ0n) is 12.8. The minimum atomic E-state index is -4.58. The van der Waals surface area contributed by atoms with Crippen LogP contribution >= 0.6 is 11.3 Å². The number of aromatic nitrogens is 2. The fraction of sp³-hybridized carbons (Fsp3) is 0.714. The summed E-state index contributed by atoms with van der Waals surface area (Å²) in [7, 11) is 0. The van der Waals surface area contributed by atoms with Crippen molar-refractivity contribution in [2.24, 2.45) is 5.92 Å². The standard InChI is InChI=1S/C14H17F3N4O2S/c15-14(16,17)12-19-20-13(24-12)18-11(23)8-6-10(22)21(7-8)9-4-2-1-3-5-9/h8-9H,1-7H2,(H,18,20,23)/t8-/m0/s1. The summed E-state index contributed by atoms with van der Waals surface area (Å²) in [6.07, 6.45) is 0.736. The lowest BCUT2D eigenvalue weighted by Crippen LogP contribution is -2.38. The smallest absolute Gasteiger partial charge is 0.339 e. The van der Waals surface area contributed by atoms with Crippen molar-refractivity contribution in [2.45, 2.75) is 50.7 Å². The van der Waals surface area contributed by atoms with E-state index in [1.807, 2.05) is 0 Å². The minimum absolute atomic E-state index is 0.0599. The van der Waals surface area contributed by atoms with E-state index in [2.05, 4.69) is 15.5 Å².